The zero-order chi connectivity index (χ0) is 28.2. The van der Waals surface area contributed by atoms with Crippen molar-refractivity contribution in [3.63, 3.8) is 0 Å². The Bertz CT molecular complexity index is 1510. The van der Waals surface area contributed by atoms with Crippen molar-refractivity contribution in [1.29, 1.82) is 0 Å². The van der Waals surface area contributed by atoms with E-state index in [-0.39, 0.29) is 17.2 Å². The lowest BCUT2D eigenvalue weighted by Gasteiger charge is -2.36. The summed E-state index contributed by atoms with van der Waals surface area (Å²) in [5.41, 5.74) is 2.61. The predicted octanol–water partition coefficient (Wildman–Crippen LogP) is 6.01. The molecule has 3 aromatic carbocycles. The molecule has 208 valence electrons. The number of nitrogens with zero attached hydrogens (tertiary/aromatic N) is 3. The van der Waals surface area contributed by atoms with Crippen molar-refractivity contribution in [2.24, 2.45) is 0 Å². The van der Waals surface area contributed by atoms with Crippen LogP contribution in [0.2, 0.25) is 0 Å². The lowest BCUT2D eigenvalue weighted by atomic mass is 9.88. The van der Waals surface area contributed by atoms with Gasteiger partial charge in [0.2, 0.25) is 0 Å². The van der Waals surface area contributed by atoms with Gasteiger partial charge in [-0.1, -0.05) is 42.5 Å². The molecular weight excluding hydrogens is 512 g/mol. The fraction of sp³-hybridized carbons (Fsp3) is 0.312. The lowest BCUT2D eigenvalue weighted by Crippen LogP contribution is -2.40. The highest BCUT2D eigenvalue weighted by atomic mass is 19.1. The predicted molar refractivity (Wildman–Crippen MR) is 150 cm³/mol. The molecular formula is C32H33F2N3O3. The average molecular weight is 546 g/mol. The summed E-state index contributed by atoms with van der Waals surface area (Å²) < 4.78 is 36.3. The SMILES string of the molecule is CCOC(=O)C(c1ccccc1)N1CCC(c2ccc(-n3ccn(C(C)c4cc(F)ccc4F)c3=O)cc2)CC1. The summed E-state index contributed by atoms with van der Waals surface area (Å²) in [5, 5.41) is 0. The highest BCUT2D eigenvalue weighted by Crippen LogP contribution is 2.33. The van der Waals surface area contributed by atoms with Crippen LogP contribution in [0.3, 0.4) is 0 Å². The van der Waals surface area contributed by atoms with E-state index in [4.69, 9.17) is 4.74 Å². The summed E-state index contributed by atoms with van der Waals surface area (Å²) in [7, 11) is 0. The molecule has 6 nitrogen and oxygen atoms in total. The van der Waals surface area contributed by atoms with Crippen molar-refractivity contribution in [2.75, 3.05) is 19.7 Å². The first kappa shape index (κ1) is 27.5. The number of carbonyl (C=O) groups excluding carboxylic acids is 1. The van der Waals surface area contributed by atoms with Gasteiger partial charge in [-0.25, -0.2) is 18.4 Å². The maximum Gasteiger partial charge on any atom is 0.333 e. The molecule has 1 aliphatic heterocycles. The number of hydrogen-bond acceptors (Lipinski definition) is 4. The van der Waals surface area contributed by atoms with Gasteiger partial charge in [0, 0.05) is 18.0 Å². The van der Waals surface area contributed by atoms with Gasteiger partial charge in [0.25, 0.3) is 0 Å². The molecule has 0 radical (unpaired) electrons. The van der Waals surface area contributed by atoms with Gasteiger partial charge in [-0.3, -0.25) is 14.0 Å². The van der Waals surface area contributed by atoms with Gasteiger partial charge in [0.15, 0.2) is 0 Å². The zero-order valence-electron chi connectivity index (χ0n) is 22.7. The van der Waals surface area contributed by atoms with Gasteiger partial charge in [-0.2, -0.15) is 0 Å². The van der Waals surface area contributed by atoms with E-state index >= 15 is 0 Å². The molecule has 1 saturated heterocycles. The Morgan fingerprint density at radius 2 is 1.68 bits per heavy atom. The van der Waals surface area contributed by atoms with Crippen molar-refractivity contribution in [3.8, 4) is 5.69 Å². The monoisotopic (exact) mass is 545 g/mol. The van der Waals surface area contributed by atoms with Crippen molar-refractivity contribution >= 4 is 5.97 Å². The number of carbonyl (C=O) groups is 1. The van der Waals surface area contributed by atoms with Crippen molar-refractivity contribution in [1.82, 2.24) is 14.0 Å². The molecule has 0 bridgehead atoms. The van der Waals surface area contributed by atoms with E-state index in [0.717, 1.165) is 49.7 Å². The first-order chi connectivity index (χ1) is 19.4. The molecule has 0 spiro atoms. The summed E-state index contributed by atoms with van der Waals surface area (Å²) in [4.78, 5) is 28.2. The van der Waals surface area contributed by atoms with Gasteiger partial charge in [0.05, 0.1) is 18.3 Å². The topological polar surface area (TPSA) is 56.5 Å². The molecule has 2 heterocycles. The normalized spacial score (nSPS) is 16.0. The van der Waals surface area contributed by atoms with Crippen LogP contribution >= 0.6 is 0 Å². The molecule has 2 atom stereocenters. The van der Waals surface area contributed by atoms with Crippen LogP contribution < -0.4 is 5.69 Å². The van der Waals surface area contributed by atoms with Crippen molar-refractivity contribution < 1.29 is 18.3 Å². The summed E-state index contributed by atoms with van der Waals surface area (Å²) >= 11 is 0. The molecule has 8 heteroatoms. The Labute approximate surface area is 232 Å². The number of hydrogen-bond donors (Lipinski definition) is 0. The molecule has 0 amide bonds. The molecule has 40 heavy (non-hydrogen) atoms. The minimum absolute atomic E-state index is 0.124. The molecule has 5 rings (SSSR count). The zero-order valence-corrected chi connectivity index (χ0v) is 22.7. The molecule has 0 N–H and O–H groups in total. The van der Waals surface area contributed by atoms with Gasteiger partial charge in [0.1, 0.15) is 17.7 Å². The molecule has 0 saturated carbocycles. The van der Waals surface area contributed by atoms with E-state index in [9.17, 15) is 18.4 Å². The lowest BCUT2D eigenvalue weighted by molar-refractivity contribution is -0.150. The summed E-state index contributed by atoms with van der Waals surface area (Å²) in [6.07, 6.45) is 5.03. The van der Waals surface area contributed by atoms with Crippen LogP contribution in [0, 0.1) is 11.6 Å². The van der Waals surface area contributed by atoms with E-state index in [2.05, 4.69) is 4.90 Å². The van der Waals surface area contributed by atoms with E-state index in [1.165, 1.54) is 14.7 Å². The van der Waals surface area contributed by atoms with Crippen LogP contribution in [0.15, 0.2) is 90.0 Å². The van der Waals surface area contributed by atoms with Crippen LogP contribution in [-0.2, 0) is 9.53 Å². The summed E-state index contributed by atoms with van der Waals surface area (Å²) in [5.74, 6) is -0.987. The first-order valence-corrected chi connectivity index (χ1v) is 13.7. The van der Waals surface area contributed by atoms with Crippen LogP contribution in [0.1, 0.15) is 61.4 Å². The number of imidazole rings is 1. The highest BCUT2D eigenvalue weighted by molar-refractivity contribution is 5.77. The maximum absolute atomic E-state index is 14.3. The Morgan fingerprint density at radius 3 is 2.35 bits per heavy atom. The Hall–Kier alpha value is -4.04. The maximum atomic E-state index is 14.3. The van der Waals surface area contributed by atoms with Gasteiger partial charge < -0.3 is 4.74 Å². The minimum Gasteiger partial charge on any atom is -0.465 e. The third-order valence-electron chi connectivity index (χ3n) is 7.79. The van der Waals surface area contributed by atoms with Crippen LogP contribution in [0.5, 0.6) is 0 Å². The van der Waals surface area contributed by atoms with Crippen molar-refractivity contribution in [2.45, 2.75) is 44.7 Å². The third-order valence-corrected chi connectivity index (χ3v) is 7.79. The second-order valence-corrected chi connectivity index (χ2v) is 10.2. The summed E-state index contributed by atoms with van der Waals surface area (Å²) in [6.45, 7) is 5.37. The number of benzene rings is 3. The second-order valence-electron chi connectivity index (χ2n) is 10.2. The van der Waals surface area contributed by atoms with E-state index in [1.807, 2.05) is 61.5 Å². The third kappa shape index (κ3) is 5.63. The van der Waals surface area contributed by atoms with Crippen LogP contribution in [-0.4, -0.2) is 39.7 Å². The largest absolute Gasteiger partial charge is 0.465 e. The Balaban J connectivity index is 1.28. The number of rotatable bonds is 8. The first-order valence-electron chi connectivity index (χ1n) is 13.7. The van der Waals surface area contributed by atoms with Gasteiger partial charge in [-0.05, 0) is 87.2 Å². The van der Waals surface area contributed by atoms with Crippen LogP contribution in [0.4, 0.5) is 8.78 Å². The fourth-order valence-electron chi connectivity index (χ4n) is 5.62. The van der Waals surface area contributed by atoms with Crippen LogP contribution in [0.25, 0.3) is 5.69 Å². The number of aromatic nitrogens is 2. The number of piperidine rings is 1. The molecule has 1 aromatic heterocycles. The number of likely N-dealkylation sites (tertiary alicyclic amines) is 1. The second kappa shape index (κ2) is 12.0. The number of halogens is 2. The minimum atomic E-state index is -0.664. The number of esters is 1. The Morgan fingerprint density at radius 1 is 0.975 bits per heavy atom. The van der Waals surface area contributed by atoms with E-state index < -0.39 is 23.7 Å². The Kier molecular flexibility index (Phi) is 8.26. The highest BCUT2D eigenvalue weighted by Gasteiger charge is 2.32. The molecule has 1 fully saturated rings. The fourth-order valence-corrected chi connectivity index (χ4v) is 5.62. The van der Waals surface area contributed by atoms with Gasteiger partial charge >= 0.3 is 11.7 Å². The molecule has 0 aliphatic carbocycles. The van der Waals surface area contributed by atoms with Crippen molar-refractivity contribution in [3.05, 3.63) is 124 Å². The smallest absolute Gasteiger partial charge is 0.333 e. The molecule has 2 unspecified atom stereocenters. The van der Waals surface area contributed by atoms with Gasteiger partial charge in [-0.15, -0.1) is 0 Å². The molecule has 1 aliphatic rings. The molecule has 4 aromatic rings. The average Bonchev–Trinajstić information content (AvgIpc) is 3.36. The summed E-state index contributed by atoms with van der Waals surface area (Å²) in [6, 6.07) is 19.8. The standard InChI is InChI=1S/C32H33F2N3O3/c1-3-40-31(38)30(25-7-5-4-6-8-25)35-17-15-24(16-18-35)23-9-12-27(13-10-23)37-20-19-36(32(37)39)22(2)28-21-26(33)11-14-29(28)34/h4-14,19-22,24,30H,3,15-18H2,1-2H3. The van der Waals surface area contributed by atoms with E-state index in [0.29, 0.717) is 18.2 Å². The quantitative estimate of drug-likeness (QED) is 0.255. The van der Waals surface area contributed by atoms with E-state index in [1.54, 1.807) is 19.3 Å². The number of ether oxygens (including phenoxy) is 1.